The average Bonchev–Trinajstić information content (AvgIpc) is 2.77. The van der Waals surface area contributed by atoms with Gasteiger partial charge in [-0.25, -0.2) is 4.79 Å². The number of methoxy groups -OCH3 is 1. The van der Waals surface area contributed by atoms with Gasteiger partial charge in [-0.3, -0.25) is 9.69 Å². The van der Waals surface area contributed by atoms with Crippen LogP contribution in [0.1, 0.15) is 48.9 Å². The van der Waals surface area contributed by atoms with E-state index in [-0.39, 0.29) is 11.5 Å². The SMILES string of the molecule is COc1cccc2cc(C(=O)N3CCN(C45CC6CC(CC(C6)C4)C5)CC3)c(=O)oc12. The zero-order valence-corrected chi connectivity index (χ0v) is 18.1. The third kappa shape index (κ3) is 3.10. The van der Waals surface area contributed by atoms with Crippen LogP contribution in [0.2, 0.25) is 0 Å². The topological polar surface area (TPSA) is 63.0 Å². The molecule has 0 spiro atoms. The monoisotopic (exact) mass is 422 g/mol. The normalized spacial score (nSPS) is 32.5. The Morgan fingerprint density at radius 2 is 1.68 bits per heavy atom. The lowest BCUT2D eigenvalue weighted by molar-refractivity contribution is -0.0987. The zero-order valence-electron chi connectivity index (χ0n) is 18.1. The molecule has 1 aliphatic heterocycles. The van der Waals surface area contributed by atoms with Crippen LogP contribution in [0.3, 0.4) is 0 Å². The lowest BCUT2D eigenvalue weighted by Gasteiger charge is -2.61. The molecule has 1 aromatic heterocycles. The van der Waals surface area contributed by atoms with Crippen LogP contribution in [0.25, 0.3) is 11.0 Å². The van der Waals surface area contributed by atoms with Gasteiger partial charge >= 0.3 is 5.63 Å². The van der Waals surface area contributed by atoms with Crippen molar-refractivity contribution in [3.8, 4) is 5.75 Å². The maximum absolute atomic E-state index is 13.2. The van der Waals surface area contributed by atoms with Crippen molar-refractivity contribution in [1.82, 2.24) is 9.80 Å². The van der Waals surface area contributed by atoms with E-state index >= 15 is 0 Å². The Bertz CT molecular complexity index is 1050. The van der Waals surface area contributed by atoms with Gasteiger partial charge in [0, 0.05) is 37.1 Å². The second-order valence-corrected chi connectivity index (χ2v) is 10.2. The lowest BCUT2D eigenvalue weighted by Crippen LogP contribution is -2.64. The molecule has 4 saturated carbocycles. The molecule has 2 heterocycles. The Balaban J connectivity index is 1.20. The molecular weight excluding hydrogens is 392 g/mol. The molecule has 0 radical (unpaired) electrons. The lowest BCUT2D eigenvalue weighted by atomic mass is 9.52. The molecule has 1 amide bonds. The molecule has 6 nitrogen and oxygen atoms in total. The minimum Gasteiger partial charge on any atom is -0.493 e. The van der Waals surface area contributed by atoms with Crippen LogP contribution >= 0.6 is 0 Å². The summed E-state index contributed by atoms with van der Waals surface area (Å²) in [6.45, 7) is 3.17. The molecule has 4 aliphatic carbocycles. The summed E-state index contributed by atoms with van der Waals surface area (Å²) in [7, 11) is 1.54. The Hall–Kier alpha value is -2.34. The van der Waals surface area contributed by atoms with Crippen molar-refractivity contribution in [2.75, 3.05) is 33.3 Å². The number of hydrogen-bond acceptors (Lipinski definition) is 5. The van der Waals surface area contributed by atoms with Crippen LogP contribution in [0, 0.1) is 17.8 Å². The number of carbonyl (C=O) groups is 1. The summed E-state index contributed by atoms with van der Waals surface area (Å²) in [5.41, 5.74) is 0.287. The summed E-state index contributed by atoms with van der Waals surface area (Å²) in [5.74, 6) is 3.04. The minimum atomic E-state index is -0.592. The predicted octanol–water partition coefficient (Wildman–Crippen LogP) is 3.53. The quantitative estimate of drug-likeness (QED) is 0.708. The number of benzene rings is 1. The second-order valence-electron chi connectivity index (χ2n) is 10.2. The largest absolute Gasteiger partial charge is 0.493 e. The van der Waals surface area contributed by atoms with E-state index < -0.39 is 5.63 Å². The summed E-state index contributed by atoms with van der Waals surface area (Å²) in [6.07, 6.45) is 8.38. The van der Waals surface area contributed by atoms with E-state index in [1.165, 1.54) is 45.6 Å². The zero-order chi connectivity index (χ0) is 21.2. The van der Waals surface area contributed by atoms with E-state index in [0.29, 0.717) is 35.3 Å². The Morgan fingerprint density at radius 3 is 2.29 bits per heavy atom. The molecular formula is C25H30N2O4. The summed E-state index contributed by atoms with van der Waals surface area (Å²) in [5, 5.41) is 0.703. The van der Waals surface area contributed by atoms with Crippen molar-refractivity contribution in [3.05, 3.63) is 40.2 Å². The van der Waals surface area contributed by atoms with Crippen molar-refractivity contribution in [3.63, 3.8) is 0 Å². The average molecular weight is 423 g/mol. The third-order valence-electron chi connectivity index (χ3n) is 8.42. The number of piperazine rings is 1. The molecule has 0 unspecified atom stereocenters. The summed E-state index contributed by atoms with van der Waals surface area (Å²) in [6, 6.07) is 7.07. The Labute approximate surface area is 182 Å². The van der Waals surface area contributed by atoms with E-state index in [1.54, 1.807) is 12.1 Å². The number of hydrogen-bond donors (Lipinski definition) is 0. The highest BCUT2D eigenvalue weighted by Crippen LogP contribution is 2.57. The van der Waals surface area contributed by atoms with Crippen LogP contribution in [-0.2, 0) is 0 Å². The fraction of sp³-hybridized carbons (Fsp3) is 0.600. The smallest absolute Gasteiger partial charge is 0.349 e. The van der Waals surface area contributed by atoms with E-state index in [1.807, 2.05) is 17.0 Å². The van der Waals surface area contributed by atoms with Gasteiger partial charge in [0.1, 0.15) is 5.56 Å². The third-order valence-corrected chi connectivity index (χ3v) is 8.42. The van der Waals surface area contributed by atoms with Gasteiger partial charge in [0.15, 0.2) is 11.3 Å². The van der Waals surface area contributed by atoms with Crippen molar-refractivity contribution in [1.29, 1.82) is 0 Å². The van der Waals surface area contributed by atoms with Crippen molar-refractivity contribution in [2.24, 2.45) is 17.8 Å². The second kappa shape index (κ2) is 7.09. The fourth-order valence-electron chi connectivity index (χ4n) is 7.43. The van der Waals surface area contributed by atoms with Crippen molar-refractivity contribution < 1.29 is 13.9 Å². The van der Waals surface area contributed by atoms with Crippen LogP contribution in [0.4, 0.5) is 0 Å². The molecule has 5 aliphatic rings. The first-order chi connectivity index (χ1) is 15.0. The van der Waals surface area contributed by atoms with Crippen molar-refractivity contribution >= 4 is 16.9 Å². The van der Waals surface area contributed by atoms with Gasteiger partial charge in [0.25, 0.3) is 5.91 Å². The van der Waals surface area contributed by atoms with E-state index in [4.69, 9.17) is 9.15 Å². The molecule has 4 bridgehead atoms. The molecule has 5 fully saturated rings. The number of rotatable bonds is 3. The van der Waals surface area contributed by atoms with Gasteiger partial charge in [0.05, 0.1) is 7.11 Å². The number of para-hydroxylation sites is 1. The van der Waals surface area contributed by atoms with Crippen molar-refractivity contribution in [2.45, 2.75) is 44.1 Å². The maximum Gasteiger partial charge on any atom is 0.349 e. The highest BCUT2D eigenvalue weighted by molar-refractivity contribution is 5.97. The Kier molecular flexibility index (Phi) is 4.43. The number of ether oxygens (including phenoxy) is 1. The summed E-state index contributed by atoms with van der Waals surface area (Å²) < 4.78 is 10.8. The first-order valence-electron chi connectivity index (χ1n) is 11.7. The molecule has 164 valence electrons. The van der Waals surface area contributed by atoms with E-state index in [9.17, 15) is 9.59 Å². The summed E-state index contributed by atoms with van der Waals surface area (Å²) >= 11 is 0. The fourth-order valence-corrected chi connectivity index (χ4v) is 7.43. The molecule has 7 rings (SSSR count). The van der Waals surface area contributed by atoms with Gasteiger partial charge in [-0.15, -0.1) is 0 Å². The van der Waals surface area contributed by atoms with Gasteiger partial charge in [-0.1, -0.05) is 12.1 Å². The maximum atomic E-state index is 13.2. The molecule has 1 saturated heterocycles. The standard InChI is InChI=1S/C25H30N2O4/c1-30-21-4-2-3-19-12-20(24(29)31-22(19)21)23(28)26-5-7-27(8-6-26)25-13-16-9-17(14-25)11-18(10-16)15-25/h2-4,12,16-18H,5-11,13-15H2,1H3. The van der Waals surface area contributed by atoms with Gasteiger partial charge in [-0.05, 0) is 68.4 Å². The number of nitrogens with zero attached hydrogens (tertiary/aromatic N) is 2. The van der Waals surface area contributed by atoms with Crippen LogP contribution < -0.4 is 10.4 Å². The highest BCUT2D eigenvalue weighted by Gasteiger charge is 2.53. The van der Waals surface area contributed by atoms with Gasteiger partial charge < -0.3 is 14.1 Å². The van der Waals surface area contributed by atoms with E-state index in [2.05, 4.69) is 4.90 Å². The number of carbonyl (C=O) groups excluding carboxylic acids is 1. The molecule has 31 heavy (non-hydrogen) atoms. The molecule has 6 heteroatoms. The molecule has 2 aromatic rings. The van der Waals surface area contributed by atoms with E-state index in [0.717, 1.165) is 30.8 Å². The molecule has 0 atom stereocenters. The predicted molar refractivity (Wildman–Crippen MR) is 117 cm³/mol. The van der Waals surface area contributed by atoms with Crippen LogP contribution in [-0.4, -0.2) is 54.5 Å². The Morgan fingerprint density at radius 1 is 1.03 bits per heavy atom. The highest BCUT2D eigenvalue weighted by atomic mass is 16.5. The molecule has 1 aromatic carbocycles. The minimum absolute atomic E-state index is 0.115. The number of fused-ring (bicyclic) bond motifs is 1. The first-order valence-corrected chi connectivity index (χ1v) is 11.7. The van der Waals surface area contributed by atoms with Crippen LogP contribution in [0.5, 0.6) is 5.75 Å². The van der Waals surface area contributed by atoms with Gasteiger partial charge in [0.2, 0.25) is 0 Å². The van der Waals surface area contributed by atoms with Gasteiger partial charge in [-0.2, -0.15) is 0 Å². The first kappa shape index (κ1) is 19.4. The van der Waals surface area contributed by atoms with Crippen LogP contribution in [0.15, 0.2) is 33.5 Å². The number of amides is 1. The summed E-state index contributed by atoms with van der Waals surface area (Å²) in [4.78, 5) is 30.3. The molecule has 0 N–H and O–H groups in total.